The lowest BCUT2D eigenvalue weighted by molar-refractivity contribution is -0.0373. The maximum Gasteiger partial charge on any atom is 0.0755 e. The summed E-state index contributed by atoms with van der Waals surface area (Å²) in [7, 11) is 3.96. The van der Waals surface area contributed by atoms with Gasteiger partial charge in [-0.2, -0.15) is 0 Å². The molecule has 3 nitrogen and oxygen atoms in total. The third kappa shape index (κ3) is 3.46. The number of nitrogens with one attached hydrogen (secondary N) is 1. The zero-order chi connectivity index (χ0) is 12.8. The summed E-state index contributed by atoms with van der Waals surface area (Å²) < 4.78 is 11.5. The first-order chi connectivity index (χ1) is 8.86. The molecule has 0 aromatic carbocycles. The minimum absolute atomic E-state index is 0.363. The molecule has 1 saturated carbocycles. The van der Waals surface area contributed by atoms with E-state index in [1.807, 2.05) is 7.11 Å². The van der Waals surface area contributed by atoms with E-state index in [1.54, 1.807) is 0 Å². The van der Waals surface area contributed by atoms with Gasteiger partial charge in [-0.15, -0.1) is 0 Å². The van der Waals surface area contributed by atoms with E-state index in [0.717, 1.165) is 19.1 Å². The largest absolute Gasteiger partial charge is 0.381 e. The Balaban J connectivity index is 1.97. The van der Waals surface area contributed by atoms with E-state index in [0.29, 0.717) is 18.1 Å². The van der Waals surface area contributed by atoms with Gasteiger partial charge in [0.2, 0.25) is 0 Å². The molecule has 1 aliphatic carbocycles. The van der Waals surface area contributed by atoms with Crippen molar-refractivity contribution in [1.82, 2.24) is 5.32 Å². The smallest absolute Gasteiger partial charge is 0.0755 e. The molecular formula is C15H29NO2. The van der Waals surface area contributed by atoms with E-state index in [1.165, 1.54) is 44.9 Å². The van der Waals surface area contributed by atoms with Gasteiger partial charge in [0.15, 0.2) is 0 Å². The Kier molecular flexibility index (Phi) is 5.93. The molecule has 106 valence electrons. The van der Waals surface area contributed by atoms with E-state index in [9.17, 15) is 0 Å². The van der Waals surface area contributed by atoms with Crippen LogP contribution in [0.15, 0.2) is 0 Å². The first kappa shape index (κ1) is 14.3. The van der Waals surface area contributed by atoms with Crippen LogP contribution < -0.4 is 5.32 Å². The molecule has 0 amide bonds. The summed E-state index contributed by atoms with van der Waals surface area (Å²) in [5.74, 6) is 1.36. The lowest BCUT2D eigenvalue weighted by atomic mass is 9.78. The van der Waals surface area contributed by atoms with Crippen LogP contribution >= 0.6 is 0 Å². The molecule has 0 radical (unpaired) electrons. The summed E-state index contributed by atoms with van der Waals surface area (Å²) in [6.45, 7) is 1.84. The molecule has 1 heterocycles. The van der Waals surface area contributed by atoms with E-state index < -0.39 is 0 Å². The Morgan fingerprint density at radius 1 is 1.06 bits per heavy atom. The first-order valence-electron chi connectivity index (χ1n) is 7.64. The van der Waals surface area contributed by atoms with Crippen LogP contribution in [-0.2, 0) is 9.47 Å². The van der Waals surface area contributed by atoms with Crippen LogP contribution in [0.2, 0.25) is 0 Å². The maximum atomic E-state index is 5.88. The average molecular weight is 255 g/mol. The van der Waals surface area contributed by atoms with Gasteiger partial charge in [-0.05, 0) is 38.6 Å². The molecule has 2 fully saturated rings. The summed E-state index contributed by atoms with van der Waals surface area (Å²) >= 11 is 0. The van der Waals surface area contributed by atoms with Crippen molar-refractivity contribution in [1.29, 1.82) is 0 Å². The van der Waals surface area contributed by atoms with Gasteiger partial charge in [0, 0.05) is 25.7 Å². The Bertz CT molecular complexity index is 199. The average Bonchev–Trinajstić information content (AvgIpc) is 2.46. The van der Waals surface area contributed by atoms with Crippen LogP contribution in [0.25, 0.3) is 0 Å². The molecule has 0 bridgehead atoms. The molecule has 0 aromatic heterocycles. The Hall–Kier alpha value is -0.120. The maximum absolute atomic E-state index is 5.88. The van der Waals surface area contributed by atoms with Crippen molar-refractivity contribution in [2.24, 2.45) is 11.8 Å². The molecular weight excluding hydrogens is 226 g/mol. The summed E-state index contributed by atoms with van der Waals surface area (Å²) in [6, 6.07) is 0.457. The Morgan fingerprint density at radius 2 is 1.78 bits per heavy atom. The summed E-state index contributed by atoms with van der Waals surface area (Å²) in [5, 5.41) is 3.52. The fourth-order valence-electron chi connectivity index (χ4n) is 3.81. The van der Waals surface area contributed by atoms with Crippen molar-refractivity contribution in [2.45, 2.75) is 57.1 Å². The van der Waals surface area contributed by atoms with Crippen molar-refractivity contribution in [3.63, 3.8) is 0 Å². The quantitative estimate of drug-likeness (QED) is 0.819. The van der Waals surface area contributed by atoms with Crippen molar-refractivity contribution < 1.29 is 9.47 Å². The van der Waals surface area contributed by atoms with Crippen LogP contribution in [0.1, 0.15) is 44.9 Å². The number of hydrogen-bond acceptors (Lipinski definition) is 3. The minimum Gasteiger partial charge on any atom is -0.381 e. The second-order valence-electron chi connectivity index (χ2n) is 5.89. The molecule has 0 spiro atoms. The third-order valence-electron chi connectivity index (χ3n) is 4.78. The molecule has 1 saturated heterocycles. The highest BCUT2D eigenvalue weighted by atomic mass is 16.5. The molecule has 0 aromatic rings. The number of likely N-dealkylation sites (N-methyl/N-ethyl adjacent to an activating group) is 1. The fourth-order valence-corrected chi connectivity index (χ4v) is 3.81. The number of ether oxygens (including phenoxy) is 2. The number of rotatable bonds is 5. The second kappa shape index (κ2) is 7.46. The molecule has 2 aliphatic rings. The third-order valence-corrected chi connectivity index (χ3v) is 4.78. The van der Waals surface area contributed by atoms with Crippen molar-refractivity contribution >= 4 is 0 Å². The van der Waals surface area contributed by atoms with Gasteiger partial charge in [0.1, 0.15) is 0 Å². The van der Waals surface area contributed by atoms with Gasteiger partial charge >= 0.3 is 0 Å². The lowest BCUT2D eigenvalue weighted by Gasteiger charge is -2.39. The monoisotopic (exact) mass is 255 g/mol. The predicted molar refractivity (Wildman–Crippen MR) is 73.8 cm³/mol. The highest BCUT2D eigenvalue weighted by molar-refractivity contribution is 4.89. The zero-order valence-electron chi connectivity index (χ0n) is 12.0. The molecule has 18 heavy (non-hydrogen) atoms. The standard InChI is InChI=1S/C15H29NO2/c1-16-14(13-9-6-10-18-11-13)15(17-2)12-7-4-3-5-8-12/h12-16H,3-11H2,1-2H3. The number of hydrogen-bond donors (Lipinski definition) is 1. The van der Waals surface area contributed by atoms with Gasteiger partial charge in [0.05, 0.1) is 12.7 Å². The van der Waals surface area contributed by atoms with E-state index in [-0.39, 0.29) is 0 Å². The van der Waals surface area contributed by atoms with Crippen molar-refractivity contribution in [2.75, 3.05) is 27.4 Å². The van der Waals surface area contributed by atoms with Crippen LogP contribution in [0.4, 0.5) is 0 Å². The van der Waals surface area contributed by atoms with E-state index in [2.05, 4.69) is 12.4 Å². The first-order valence-corrected chi connectivity index (χ1v) is 7.64. The number of methoxy groups -OCH3 is 1. The lowest BCUT2D eigenvalue weighted by Crippen LogP contribution is -2.50. The van der Waals surface area contributed by atoms with Crippen LogP contribution in [-0.4, -0.2) is 39.5 Å². The van der Waals surface area contributed by atoms with Crippen LogP contribution in [0, 0.1) is 11.8 Å². The predicted octanol–water partition coefficient (Wildman–Crippen LogP) is 2.60. The molecule has 3 atom stereocenters. The summed E-state index contributed by atoms with van der Waals surface area (Å²) in [6.07, 6.45) is 9.67. The second-order valence-corrected chi connectivity index (χ2v) is 5.89. The fraction of sp³-hybridized carbons (Fsp3) is 1.00. The highest BCUT2D eigenvalue weighted by Crippen LogP contribution is 2.32. The molecule has 2 rings (SSSR count). The summed E-state index contributed by atoms with van der Waals surface area (Å²) in [4.78, 5) is 0. The normalized spacial score (nSPS) is 30.0. The van der Waals surface area contributed by atoms with Crippen molar-refractivity contribution in [3.8, 4) is 0 Å². The Labute approximate surface area is 112 Å². The topological polar surface area (TPSA) is 30.5 Å². The highest BCUT2D eigenvalue weighted by Gasteiger charge is 2.35. The van der Waals surface area contributed by atoms with Gasteiger partial charge in [-0.3, -0.25) is 0 Å². The zero-order valence-corrected chi connectivity index (χ0v) is 12.0. The van der Waals surface area contributed by atoms with Crippen LogP contribution in [0.5, 0.6) is 0 Å². The van der Waals surface area contributed by atoms with Gasteiger partial charge in [-0.1, -0.05) is 19.3 Å². The minimum atomic E-state index is 0.363. The van der Waals surface area contributed by atoms with Gasteiger partial charge < -0.3 is 14.8 Å². The van der Waals surface area contributed by atoms with Crippen LogP contribution in [0.3, 0.4) is 0 Å². The SMILES string of the molecule is CNC(C1CCCOC1)C(OC)C1CCCCC1. The van der Waals surface area contributed by atoms with E-state index in [4.69, 9.17) is 9.47 Å². The molecule has 1 aliphatic heterocycles. The molecule has 1 N–H and O–H groups in total. The summed E-state index contributed by atoms with van der Waals surface area (Å²) in [5.41, 5.74) is 0. The Morgan fingerprint density at radius 3 is 2.33 bits per heavy atom. The van der Waals surface area contributed by atoms with Crippen molar-refractivity contribution in [3.05, 3.63) is 0 Å². The van der Waals surface area contributed by atoms with Gasteiger partial charge in [-0.25, -0.2) is 0 Å². The molecule has 3 unspecified atom stereocenters. The molecule has 3 heteroatoms. The van der Waals surface area contributed by atoms with E-state index >= 15 is 0 Å². The van der Waals surface area contributed by atoms with Gasteiger partial charge in [0.25, 0.3) is 0 Å².